The van der Waals surface area contributed by atoms with Crippen molar-refractivity contribution in [3.05, 3.63) is 182 Å². The molecule has 0 fully saturated rings. The summed E-state index contributed by atoms with van der Waals surface area (Å²) in [5.74, 6) is 1.89. The van der Waals surface area contributed by atoms with Crippen molar-refractivity contribution in [3.63, 3.8) is 0 Å². The van der Waals surface area contributed by atoms with Gasteiger partial charge in [0.2, 0.25) is 0 Å². The molecule has 8 aromatic carbocycles. The zero-order chi connectivity index (χ0) is 37.2. The number of para-hydroxylation sites is 4. The van der Waals surface area contributed by atoms with Crippen LogP contribution in [0.4, 0.5) is 0 Å². The lowest BCUT2D eigenvalue weighted by Gasteiger charge is -2.13. The summed E-state index contributed by atoms with van der Waals surface area (Å²) >= 11 is 0. The maximum Gasteiger partial charge on any atom is 0.164 e. The second kappa shape index (κ2) is 11.4. The first-order chi connectivity index (χ1) is 28.3. The maximum atomic E-state index is 5.25. The molecule has 264 valence electrons. The van der Waals surface area contributed by atoms with Gasteiger partial charge in [0.1, 0.15) is 0 Å². The van der Waals surface area contributed by atoms with Crippen LogP contribution < -0.4 is 0 Å². The molecule has 5 aromatic heterocycles. The monoisotopic (exact) mass is 726 g/mol. The van der Waals surface area contributed by atoms with Gasteiger partial charge in [-0.05, 0) is 48.5 Å². The van der Waals surface area contributed by atoms with Gasteiger partial charge in [0.15, 0.2) is 17.5 Å². The molecule has 0 atom stereocenters. The van der Waals surface area contributed by atoms with E-state index >= 15 is 0 Å². The zero-order valence-corrected chi connectivity index (χ0v) is 30.5. The molecule has 5 heterocycles. The van der Waals surface area contributed by atoms with Crippen LogP contribution in [-0.2, 0) is 0 Å². The van der Waals surface area contributed by atoms with Crippen LogP contribution in [-0.4, -0.2) is 28.3 Å². The molecule has 0 N–H and O–H groups in total. The van der Waals surface area contributed by atoms with E-state index in [1.54, 1.807) is 0 Å². The number of fused-ring (bicyclic) bond motifs is 8. The highest BCUT2D eigenvalue weighted by atomic mass is 15.0. The summed E-state index contributed by atoms with van der Waals surface area (Å²) in [4.78, 5) is 15.5. The molecule has 0 spiro atoms. The van der Waals surface area contributed by atoms with Crippen LogP contribution in [0.15, 0.2) is 182 Å². The van der Waals surface area contributed by atoms with Crippen molar-refractivity contribution in [3.8, 4) is 39.9 Å². The van der Waals surface area contributed by atoms with Gasteiger partial charge < -0.3 is 13.4 Å². The molecule has 13 aromatic rings. The van der Waals surface area contributed by atoms with Crippen molar-refractivity contribution in [2.75, 3.05) is 0 Å². The molecule has 0 radical (unpaired) electrons. The minimum absolute atomic E-state index is 0.619. The first-order valence-corrected chi connectivity index (χ1v) is 19.3. The van der Waals surface area contributed by atoms with Gasteiger partial charge in [-0.1, -0.05) is 133 Å². The molecule has 57 heavy (non-hydrogen) atoms. The fourth-order valence-corrected chi connectivity index (χ4v) is 9.43. The molecule has 13 rings (SSSR count). The Hall–Kier alpha value is -7.83. The lowest BCUT2D eigenvalue weighted by atomic mass is 10.0. The number of benzene rings is 8. The zero-order valence-electron chi connectivity index (χ0n) is 30.5. The Morgan fingerprint density at radius 2 is 0.789 bits per heavy atom. The topological polar surface area (TPSA) is 52.4 Å². The van der Waals surface area contributed by atoms with Gasteiger partial charge >= 0.3 is 0 Å². The first kappa shape index (κ1) is 30.5. The van der Waals surface area contributed by atoms with Crippen LogP contribution in [0, 0.1) is 0 Å². The predicted octanol–water partition coefficient (Wildman–Crippen LogP) is 12.5. The first-order valence-electron chi connectivity index (χ1n) is 19.3. The highest BCUT2D eigenvalue weighted by Gasteiger charge is 2.26. The van der Waals surface area contributed by atoms with E-state index in [0.29, 0.717) is 17.5 Å². The highest BCUT2D eigenvalue weighted by Crippen LogP contribution is 2.46. The fourth-order valence-electron chi connectivity index (χ4n) is 9.43. The van der Waals surface area contributed by atoms with Gasteiger partial charge in [0, 0.05) is 54.7 Å². The molecular weight excluding hydrogens is 697 g/mol. The second-order valence-corrected chi connectivity index (χ2v) is 14.8. The summed E-state index contributed by atoms with van der Waals surface area (Å²) in [6.07, 6.45) is 0. The van der Waals surface area contributed by atoms with Gasteiger partial charge in [-0.2, -0.15) is 0 Å². The van der Waals surface area contributed by atoms with Crippen molar-refractivity contribution >= 4 is 76.5 Å². The normalized spacial score (nSPS) is 12.2. The SMILES string of the molecule is c1ccc(-c2nc(-c3ccccc3)nc(-c3cc4c5c6c(ccc7c8ccccc8n(c8cccc9c%10ccccc%10n(c5c3)c98)c76)n4-c3ccccc3)n2)cc1. The van der Waals surface area contributed by atoms with Crippen LogP contribution >= 0.6 is 0 Å². The van der Waals surface area contributed by atoms with E-state index in [9.17, 15) is 0 Å². The molecule has 0 unspecified atom stereocenters. The summed E-state index contributed by atoms with van der Waals surface area (Å²) in [7, 11) is 0. The molecule has 0 aliphatic heterocycles. The lowest BCUT2D eigenvalue weighted by Crippen LogP contribution is -2.01. The van der Waals surface area contributed by atoms with Crippen molar-refractivity contribution in [1.82, 2.24) is 28.3 Å². The molecule has 0 aliphatic carbocycles. The van der Waals surface area contributed by atoms with Gasteiger partial charge in [0.25, 0.3) is 0 Å². The average molecular weight is 727 g/mol. The van der Waals surface area contributed by atoms with Gasteiger partial charge in [0.05, 0.1) is 44.1 Å². The van der Waals surface area contributed by atoms with E-state index in [-0.39, 0.29) is 0 Å². The summed E-state index contributed by atoms with van der Waals surface area (Å²) in [6.45, 7) is 0. The van der Waals surface area contributed by atoms with Crippen LogP contribution in [0.2, 0.25) is 0 Å². The minimum Gasteiger partial charge on any atom is -0.309 e. The van der Waals surface area contributed by atoms with Crippen LogP contribution in [0.5, 0.6) is 0 Å². The number of hydrogen-bond donors (Lipinski definition) is 0. The Balaban J connectivity index is 1.30. The van der Waals surface area contributed by atoms with Crippen LogP contribution in [0.3, 0.4) is 0 Å². The molecule has 0 aliphatic rings. The molecule has 6 heteroatoms. The standard InChI is InChI=1S/C51H30N6/c1-4-15-31(16-5-1)49-52-50(32-17-6-2-7-18-32)54-51(53-49)33-29-43-45-44(30-33)57-40-25-13-10-21-35(40)37-23-14-26-42(47(37)57)56-39-24-12-11-22-36(39)38-27-28-41(46(45)48(38)56)55(43)34-19-8-3-9-20-34/h1-30H. The van der Waals surface area contributed by atoms with E-state index in [2.05, 4.69) is 159 Å². The molecule has 0 saturated heterocycles. The Morgan fingerprint density at radius 1 is 0.298 bits per heavy atom. The van der Waals surface area contributed by atoms with E-state index in [1.165, 1.54) is 48.9 Å². The maximum absolute atomic E-state index is 5.25. The van der Waals surface area contributed by atoms with E-state index in [4.69, 9.17) is 15.0 Å². The van der Waals surface area contributed by atoms with Crippen molar-refractivity contribution in [2.24, 2.45) is 0 Å². The summed E-state index contributed by atoms with van der Waals surface area (Å²) in [5.41, 5.74) is 13.1. The molecule has 0 saturated carbocycles. The predicted molar refractivity (Wildman–Crippen MR) is 234 cm³/mol. The number of nitrogens with zero attached hydrogens (tertiary/aromatic N) is 6. The van der Waals surface area contributed by atoms with Gasteiger partial charge in [-0.25, -0.2) is 15.0 Å². The van der Waals surface area contributed by atoms with Crippen LogP contribution in [0.1, 0.15) is 0 Å². The minimum atomic E-state index is 0.619. The third-order valence-electron chi connectivity index (χ3n) is 11.8. The number of aromatic nitrogens is 6. The second-order valence-electron chi connectivity index (χ2n) is 14.8. The van der Waals surface area contributed by atoms with Crippen LogP contribution in [0.25, 0.3) is 116 Å². The van der Waals surface area contributed by atoms with E-state index < -0.39 is 0 Å². The van der Waals surface area contributed by atoms with Crippen molar-refractivity contribution in [2.45, 2.75) is 0 Å². The molecule has 0 amide bonds. The fraction of sp³-hybridized carbons (Fsp3) is 0. The quantitative estimate of drug-likeness (QED) is 0.181. The summed E-state index contributed by atoms with van der Waals surface area (Å²) in [6, 6.07) is 64.8. The average Bonchev–Trinajstić information content (AvgIpc) is 3.92. The van der Waals surface area contributed by atoms with Gasteiger partial charge in [-0.3, -0.25) is 0 Å². The smallest absolute Gasteiger partial charge is 0.164 e. The third kappa shape index (κ3) is 4.16. The Bertz CT molecular complexity index is 3670. The third-order valence-corrected chi connectivity index (χ3v) is 11.8. The highest BCUT2D eigenvalue weighted by molar-refractivity contribution is 6.31. The van der Waals surface area contributed by atoms with E-state index in [1.807, 2.05) is 36.4 Å². The van der Waals surface area contributed by atoms with Gasteiger partial charge in [-0.15, -0.1) is 0 Å². The summed E-state index contributed by atoms with van der Waals surface area (Å²) in [5, 5.41) is 7.30. The Kier molecular flexibility index (Phi) is 6.07. The molecule has 0 bridgehead atoms. The molecular formula is C51H30N6. The Labute approximate surface area is 325 Å². The van der Waals surface area contributed by atoms with Crippen molar-refractivity contribution < 1.29 is 0 Å². The van der Waals surface area contributed by atoms with Crippen molar-refractivity contribution in [1.29, 1.82) is 0 Å². The number of rotatable bonds is 4. The van der Waals surface area contributed by atoms with E-state index in [0.717, 1.165) is 50.0 Å². The summed E-state index contributed by atoms with van der Waals surface area (Å²) < 4.78 is 7.44. The number of hydrogen-bond acceptors (Lipinski definition) is 3. The largest absolute Gasteiger partial charge is 0.309 e. The lowest BCUT2D eigenvalue weighted by molar-refractivity contribution is 1.07. The molecule has 6 nitrogen and oxygen atoms in total. The Morgan fingerprint density at radius 3 is 1.44 bits per heavy atom.